The van der Waals surface area contributed by atoms with Crippen molar-refractivity contribution in [2.24, 2.45) is 5.92 Å². The number of halogens is 3. The molecule has 0 aliphatic heterocycles. The van der Waals surface area contributed by atoms with Gasteiger partial charge in [-0.15, -0.1) is 0 Å². The molecule has 5 heteroatoms. The molecule has 0 bridgehead atoms. The summed E-state index contributed by atoms with van der Waals surface area (Å²) in [5.41, 5.74) is 0.137. The van der Waals surface area contributed by atoms with Gasteiger partial charge in [-0.05, 0) is 37.3 Å². The van der Waals surface area contributed by atoms with Crippen LogP contribution in [0.25, 0.3) is 0 Å². The average molecular weight is 290 g/mol. The molecule has 2 unspecified atom stereocenters. The summed E-state index contributed by atoms with van der Waals surface area (Å²) in [6.07, 6.45) is 3.02. The molecular formula is C13H14Cl2FNO. The van der Waals surface area contributed by atoms with Crippen LogP contribution in [0.3, 0.4) is 0 Å². The molecule has 1 fully saturated rings. The first-order valence-electron chi connectivity index (χ1n) is 5.92. The molecule has 18 heavy (non-hydrogen) atoms. The highest BCUT2D eigenvalue weighted by molar-refractivity contribution is 6.36. The molecule has 0 radical (unpaired) electrons. The van der Waals surface area contributed by atoms with E-state index < -0.39 is 5.82 Å². The smallest absolute Gasteiger partial charge is 0.253 e. The van der Waals surface area contributed by atoms with E-state index in [0.29, 0.717) is 5.92 Å². The third-order valence-corrected chi connectivity index (χ3v) is 3.89. The minimum atomic E-state index is -0.633. The van der Waals surface area contributed by atoms with Crippen LogP contribution in [0.15, 0.2) is 12.1 Å². The fourth-order valence-electron chi connectivity index (χ4n) is 2.30. The van der Waals surface area contributed by atoms with Gasteiger partial charge in [0.25, 0.3) is 5.91 Å². The highest BCUT2D eigenvalue weighted by atomic mass is 35.5. The molecule has 0 saturated heterocycles. The second-order valence-electron chi connectivity index (χ2n) is 4.83. The Morgan fingerprint density at radius 1 is 1.33 bits per heavy atom. The lowest BCUT2D eigenvalue weighted by atomic mass is 10.1. The van der Waals surface area contributed by atoms with Crippen molar-refractivity contribution in [2.45, 2.75) is 32.2 Å². The molecule has 0 aromatic heterocycles. The first-order valence-corrected chi connectivity index (χ1v) is 6.68. The first kappa shape index (κ1) is 13.6. The number of carbonyl (C=O) groups is 1. The summed E-state index contributed by atoms with van der Waals surface area (Å²) < 4.78 is 13.3. The molecule has 2 rings (SSSR count). The Hall–Kier alpha value is -0.800. The van der Waals surface area contributed by atoms with Crippen LogP contribution < -0.4 is 5.32 Å². The minimum absolute atomic E-state index is 0.0777. The second kappa shape index (κ2) is 5.45. The van der Waals surface area contributed by atoms with E-state index in [1.54, 1.807) is 0 Å². The van der Waals surface area contributed by atoms with Gasteiger partial charge in [0, 0.05) is 6.04 Å². The Morgan fingerprint density at radius 2 is 2.06 bits per heavy atom. The lowest BCUT2D eigenvalue weighted by Crippen LogP contribution is -2.33. The van der Waals surface area contributed by atoms with E-state index in [9.17, 15) is 9.18 Å². The maximum Gasteiger partial charge on any atom is 0.253 e. The predicted molar refractivity (Wildman–Crippen MR) is 70.7 cm³/mol. The van der Waals surface area contributed by atoms with Gasteiger partial charge in [0.15, 0.2) is 0 Å². The maximum absolute atomic E-state index is 13.3. The van der Waals surface area contributed by atoms with Gasteiger partial charge in [0.05, 0.1) is 15.6 Å². The second-order valence-corrected chi connectivity index (χ2v) is 5.65. The Kier molecular flexibility index (Phi) is 4.13. The summed E-state index contributed by atoms with van der Waals surface area (Å²) in [6, 6.07) is 2.49. The van der Waals surface area contributed by atoms with Crippen molar-refractivity contribution < 1.29 is 9.18 Å². The number of hydrogen-bond donors (Lipinski definition) is 1. The minimum Gasteiger partial charge on any atom is -0.349 e. The third kappa shape index (κ3) is 2.96. The van der Waals surface area contributed by atoms with E-state index in [-0.39, 0.29) is 27.6 Å². The molecule has 1 amide bonds. The van der Waals surface area contributed by atoms with Crippen LogP contribution in [0, 0.1) is 11.7 Å². The molecule has 1 N–H and O–H groups in total. The molecule has 2 atom stereocenters. The van der Waals surface area contributed by atoms with Gasteiger partial charge in [-0.2, -0.15) is 0 Å². The molecule has 0 heterocycles. The van der Waals surface area contributed by atoms with E-state index in [0.717, 1.165) is 25.3 Å². The van der Waals surface area contributed by atoms with E-state index in [4.69, 9.17) is 23.2 Å². The van der Waals surface area contributed by atoms with Gasteiger partial charge in [-0.25, -0.2) is 4.39 Å². The zero-order chi connectivity index (χ0) is 13.3. The zero-order valence-corrected chi connectivity index (χ0v) is 11.5. The standard InChI is InChI=1S/C13H14Cl2FNO/c1-7-2-3-8(4-7)17-13(18)9-5-12(16)11(15)6-10(9)14/h5-8H,2-4H2,1H3,(H,17,18). The van der Waals surface area contributed by atoms with Gasteiger partial charge in [0.1, 0.15) is 5.82 Å². The third-order valence-electron chi connectivity index (χ3n) is 3.28. The summed E-state index contributed by atoms with van der Waals surface area (Å²) in [7, 11) is 0. The summed E-state index contributed by atoms with van der Waals surface area (Å²) in [5, 5.41) is 2.97. The van der Waals surface area contributed by atoms with Crippen LogP contribution in [0.4, 0.5) is 4.39 Å². The van der Waals surface area contributed by atoms with E-state index in [2.05, 4.69) is 12.2 Å². The highest BCUT2D eigenvalue weighted by Gasteiger charge is 2.24. The molecule has 98 valence electrons. The van der Waals surface area contributed by atoms with Crippen LogP contribution >= 0.6 is 23.2 Å². The summed E-state index contributed by atoms with van der Waals surface area (Å²) in [5.74, 6) is -0.353. The van der Waals surface area contributed by atoms with E-state index >= 15 is 0 Å². The van der Waals surface area contributed by atoms with Crippen LogP contribution in [0.5, 0.6) is 0 Å². The van der Waals surface area contributed by atoms with Crippen LogP contribution in [0.1, 0.15) is 36.5 Å². The fourth-order valence-corrected chi connectivity index (χ4v) is 2.77. The fraction of sp³-hybridized carbons (Fsp3) is 0.462. The molecule has 1 saturated carbocycles. The molecule has 1 aliphatic rings. The normalized spacial score (nSPS) is 23.1. The van der Waals surface area contributed by atoms with Crippen molar-refractivity contribution in [3.8, 4) is 0 Å². The summed E-state index contributed by atoms with van der Waals surface area (Å²) in [6.45, 7) is 2.15. The van der Waals surface area contributed by atoms with Gasteiger partial charge in [-0.1, -0.05) is 30.1 Å². The molecule has 0 spiro atoms. The summed E-state index contributed by atoms with van der Waals surface area (Å²) >= 11 is 11.5. The van der Waals surface area contributed by atoms with Crippen molar-refractivity contribution in [3.63, 3.8) is 0 Å². The molecule has 2 nitrogen and oxygen atoms in total. The lowest BCUT2D eigenvalue weighted by molar-refractivity contribution is 0.0937. The Labute approximate surface area is 115 Å². The van der Waals surface area contributed by atoms with Crippen molar-refractivity contribution in [3.05, 3.63) is 33.6 Å². The van der Waals surface area contributed by atoms with E-state index in [1.807, 2.05) is 0 Å². The lowest BCUT2D eigenvalue weighted by Gasteiger charge is -2.13. The first-order chi connectivity index (χ1) is 8.47. The zero-order valence-electron chi connectivity index (χ0n) is 9.97. The number of nitrogens with one attached hydrogen (secondary N) is 1. The van der Waals surface area contributed by atoms with Crippen molar-refractivity contribution in [2.75, 3.05) is 0 Å². The van der Waals surface area contributed by atoms with Gasteiger partial charge in [0.2, 0.25) is 0 Å². The van der Waals surface area contributed by atoms with Crippen molar-refractivity contribution in [1.29, 1.82) is 0 Å². The molecule has 1 aromatic carbocycles. The molecular weight excluding hydrogens is 276 g/mol. The van der Waals surface area contributed by atoms with E-state index in [1.165, 1.54) is 6.07 Å². The summed E-state index contributed by atoms with van der Waals surface area (Å²) in [4.78, 5) is 12.0. The Bertz CT molecular complexity index is 478. The monoisotopic (exact) mass is 289 g/mol. The Balaban J connectivity index is 2.11. The largest absolute Gasteiger partial charge is 0.349 e. The number of rotatable bonds is 2. The Morgan fingerprint density at radius 3 is 2.67 bits per heavy atom. The van der Waals surface area contributed by atoms with Gasteiger partial charge >= 0.3 is 0 Å². The van der Waals surface area contributed by atoms with Crippen molar-refractivity contribution >= 4 is 29.1 Å². The number of hydrogen-bond acceptors (Lipinski definition) is 1. The molecule has 1 aliphatic carbocycles. The quantitative estimate of drug-likeness (QED) is 0.818. The number of carbonyl (C=O) groups excluding carboxylic acids is 1. The number of benzene rings is 1. The number of amides is 1. The maximum atomic E-state index is 13.3. The molecule has 1 aromatic rings. The average Bonchev–Trinajstić information content (AvgIpc) is 2.69. The topological polar surface area (TPSA) is 29.1 Å². The van der Waals surface area contributed by atoms with Gasteiger partial charge in [-0.3, -0.25) is 4.79 Å². The SMILES string of the molecule is CC1CCC(NC(=O)c2cc(F)c(Cl)cc2Cl)C1. The van der Waals surface area contributed by atoms with Gasteiger partial charge < -0.3 is 5.32 Å². The van der Waals surface area contributed by atoms with Crippen molar-refractivity contribution in [1.82, 2.24) is 5.32 Å². The predicted octanol–water partition coefficient (Wildman–Crippen LogP) is 4.05. The van der Waals surface area contributed by atoms with Crippen LogP contribution in [-0.2, 0) is 0 Å². The van der Waals surface area contributed by atoms with Crippen LogP contribution in [0.2, 0.25) is 10.0 Å². The van der Waals surface area contributed by atoms with Crippen LogP contribution in [-0.4, -0.2) is 11.9 Å². The highest BCUT2D eigenvalue weighted by Crippen LogP contribution is 2.27.